The predicted molar refractivity (Wildman–Crippen MR) is 92.6 cm³/mol. The number of ether oxygens (including phenoxy) is 3. The Labute approximate surface area is 149 Å². The van der Waals surface area contributed by atoms with Crippen LogP contribution in [0.25, 0.3) is 0 Å². The van der Waals surface area contributed by atoms with E-state index >= 15 is 0 Å². The molecular weight excluding hydrogens is 344 g/mol. The molecule has 0 aliphatic heterocycles. The molecule has 138 valence electrons. The largest absolute Gasteiger partial charge is 0.507 e. The molecular formula is C17H18N2O7. The van der Waals surface area contributed by atoms with Gasteiger partial charge in [0.2, 0.25) is 5.75 Å². The summed E-state index contributed by atoms with van der Waals surface area (Å²) in [7, 11) is 4.30. The average molecular weight is 362 g/mol. The quantitative estimate of drug-likeness (QED) is 0.266. The van der Waals surface area contributed by atoms with E-state index in [-0.39, 0.29) is 16.9 Å². The van der Waals surface area contributed by atoms with Crippen molar-refractivity contribution in [1.82, 2.24) is 5.43 Å². The second-order valence-electron chi connectivity index (χ2n) is 5.01. The van der Waals surface area contributed by atoms with E-state index in [1.54, 1.807) is 0 Å². The Kier molecular flexibility index (Phi) is 5.74. The number of carbonyl (C=O) groups is 1. The molecule has 1 amide bonds. The normalized spacial score (nSPS) is 10.6. The smallest absolute Gasteiger partial charge is 0.271 e. The lowest BCUT2D eigenvalue weighted by molar-refractivity contribution is 0.0954. The number of benzene rings is 2. The molecule has 0 saturated heterocycles. The van der Waals surface area contributed by atoms with Crippen molar-refractivity contribution < 1.29 is 34.3 Å². The lowest BCUT2D eigenvalue weighted by Crippen LogP contribution is -2.18. The van der Waals surface area contributed by atoms with Crippen molar-refractivity contribution >= 4 is 12.1 Å². The van der Waals surface area contributed by atoms with Crippen molar-refractivity contribution in [2.24, 2.45) is 5.10 Å². The van der Waals surface area contributed by atoms with Gasteiger partial charge in [0.25, 0.3) is 5.91 Å². The minimum Gasteiger partial charge on any atom is -0.507 e. The second-order valence-corrected chi connectivity index (χ2v) is 5.01. The van der Waals surface area contributed by atoms with Crippen molar-refractivity contribution in [1.29, 1.82) is 0 Å². The van der Waals surface area contributed by atoms with Crippen molar-refractivity contribution in [2.75, 3.05) is 21.3 Å². The highest BCUT2D eigenvalue weighted by molar-refractivity contribution is 5.96. The van der Waals surface area contributed by atoms with E-state index in [9.17, 15) is 20.1 Å². The van der Waals surface area contributed by atoms with E-state index in [0.29, 0.717) is 17.2 Å². The van der Waals surface area contributed by atoms with Crippen LogP contribution in [0.3, 0.4) is 0 Å². The maximum absolute atomic E-state index is 12.2. The fraction of sp³-hybridized carbons (Fsp3) is 0.176. The summed E-state index contributed by atoms with van der Waals surface area (Å²) in [5.74, 6) is -0.820. The standard InChI is InChI=1S/C17H18N2O7/c1-24-14-5-9(6-15(25-2)16(14)26-3)17(23)19-18-8-10-4-12(21)13(22)7-11(10)20/h4-8,20-22H,1-3H3,(H,19,23). The Morgan fingerprint density at radius 3 is 2.04 bits per heavy atom. The maximum atomic E-state index is 12.2. The summed E-state index contributed by atoms with van der Waals surface area (Å²) in [5.41, 5.74) is 2.58. The fourth-order valence-corrected chi connectivity index (χ4v) is 2.12. The number of amides is 1. The third-order valence-corrected chi connectivity index (χ3v) is 3.42. The second kappa shape index (κ2) is 7.97. The summed E-state index contributed by atoms with van der Waals surface area (Å²) in [6, 6.07) is 4.96. The van der Waals surface area contributed by atoms with Gasteiger partial charge in [-0.05, 0) is 18.2 Å². The number of nitrogens with zero attached hydrogens (tertiary/aromatic N) is 1. The van der Waals surface area contributed by atoms with Gasteiger partial charge in [0.1, 0.15) is 5.75 Å². The van der Waals surface area contributed by atoms with Gasteiger partial charge in [-0.1, -0.05) is 0 Å². The zero-order chi connectivity index (χ0) is 19.3. The molecule has 0 bridgehead atoms. The Hall–Kier alpha value is -3.62. The molecule has 9 heteroatoms. The first kappa shape index (κ1) is 18.7. The van der Waals surface area contributed by atoms with E-state index in [1.165, 1.54) is 33.5 Å². The zero-order valence-corrected chi connectivity index (χ0v) is 14.3. The van der Waals surface area contributed by atoms with Gasteiger partial charge in [-0.25, -0.2) is 5.43 Å². The van der Waals surface area contributed by atoms with Gasteiger partial charge in [0.15, 0.2) is 23.0 Å². The summed E-state index contributed by atoms with van der Waals surface area (Å²) in [5, 5.41) is 32.1. The molecule has 0 aliphatic carbocycles. The maximum Gasteiger partial charge on any atom is 0.271 e. The van der Waals surface area contributed by atoms with Gasteiger partial charge in [0, 0.05) is 17.2 Å². The molecule has 2 aromatic carbocycles. The first-order valence-corrected chi connectivity index (χ1v) is 7.29. The third-order valence-electron chi connectivity index (χ3n) is 3.42. The van der Waals surface area contributed by atoms with Crippen LogP contribution in [0.15, 0.2) is 29.4 Å². The highest BCUT2D eigenvalue weighted by Gasteiger charge is 2.16. The third kappa shape index (κ3) is 3.89. The number of rotatable bonds is 6. The van der Waals surface area contributed by atoms with Gasteiger partial charge in [-0.3, -0.25) is 4.79 Å². The molecule has 0 aliphatic rings. The monoisotopic (exact) mass is 362 g/mol. The molecule has 0 fully saturated rings. The van der Waals surface area contributed by atoms with Crippen molar-refractivity contribution in [2.45, 2.75) is 0 Å². The summed E-state index contributed by atoms with van der Waals surface area (Å²) in [6.45, 7) is 0. The SMILES string of the molecule is COc1cc(C(=O)NN=Cc2cc(O)c(O)cc2O)cc(OC)c1OC. The minimum atomic E-state index is -0.567. The van der Waals surface area contributed by atoms with Crippen molar-refractivity contribution in [3.05, 3.63) is 35.4 Å². The van der Waals surface area contributed by atoms with E-state index in [0.717, 1.165) is 18.3 Å². The summed E-state index contributed by atoms with van der Waals surface area (Å²) in [6.07, 6.45) is 1.12. The lowest BCUT2D eigenvalue weighted by Gasteiger charge is -2.13. The molecule has 4 N–H and O–H groups in total. The number of nitrogens with one attached hydrogen (secondary N) is 1. The number of phenols is 3. The number of aromatic hydroxyl groups is 3. The van der Waals surface area contributed by atoms with E-state index in [1.807, 2.05) is 0 Å². The average Bonchev–Trinajstić information content (AvgIpc) is 2.64. The first-order chi connectivity index (χ1) is 12.4. The Bertz CT molecular complexity index is 824. The summed E-state index contributed by atoms with van der Waals surface area (Å²) >= 11 is 0. The molecule has 0 spiro atoms. The number of hydrogen-bond acceptors (Lipinski definition) is 8. The minimum absolute atomic E-state index is 0.102. The Balaban J connectivity index is 2.21. The van der Waals surface area contributed by atoms with Gasteiger partial charge in [0.05, 0.1) is 27.5 Å². The van der Waals surface area contributed by atoms with E-state index < -0.39 is 17.4 Å². The number of hydrogen-bond donors (Lipinski definition) is 4. The Morgan fingerprint density at radius 2 is 1.50 bits per heavy atom. The molecule has 0 aromatic heterocycles. The fourth-order valence-electron chi connectivity index (χ4n) is 2.12. The molecule has 2 rings (SSSR count). The first-order valence-electron chi connectivity index (χ1n) is 7.29. The van der Waals surface area contributed by atoms with Gasteiger partial charge in [-0.2, -0.15) is 5.10 Å². The van der Waals surface area contributed by atoms with Crippen LogP contribution in [0.4, 0.5) is 0 Å². The zero-order valence-electron chi connectivity index (χ0n) is 14.3. The van der Waals surface area contributed by atoms with Crippen LogP contribution < -0.4 is 19.6 Å². The van der Waals surface area contributed by atoms with Crippen molar-refractivity contribution in [3.63, 3.8) is 0 Å². The van der Waals surface area contributed by atoms with Crippen LogP contribution in [0.1, 0.15) is 15.9 Å². The summed E-state index contributed by atoms with van der Waals surface area (Å²) < 4.78 is 15.5. The van der Waals surface area contributed by atoms with Gasteiger partial charge < -0.3 is 29.5 Å². The molecule has 26 heavy (non-hydrogen) atoms. The molecule has 0 radical (unpaired) electrons. The van der Waals surface area contributed by atoms with Crippen LogP contribution in [0.2, 0.25) is 0 Å². The van der Waals surface area contributed by atoms with Gasteiger partial charge >= 0.3 is 0 Å². The number of carbonyl (C=O) groups excluding carboxylic acids is 1. The predicted octanol–water partition coefficient (Wildman–Crippen LogP) is 1.59. The lowest BCUT2D eigenvalue weighted by atomic mass is 10.1. The number of phenolic OH excluding ortho intramolecular Hbond substituents is 3. The van der Waals surface area contributed by atoms with Crippen LogP contribution in [0.5, 0.6) is 34.5 Å². The highest BCUT2D eigenvalue weighted by atomic mass is 16.5. The molecule has 0 unspecified atom stereocenters. The topological polar surface area (TPSA) is 130 Å². The van der Waals surface area contributed by atoms with Crippen LogP contribution in [-0.2, 0) is 0 Å². The van der Waals surface area contributed by atoms with E-state index in [4.69, 9.17) is 14.2 Å². The number of hydrazone groups is 1. The molecule has 9 nitrogen and oxygen atoms in total. The van der Waals surface area contributed by atoms with Crippen LogP contribution in [0, 0.1) is 0 Å². The van der Waals surface area contributed by atoms with Gasteiger partial charge in [-0.15, -0.1) is 0 Å². The highest BCUT2D eigenvalue weighted by Crippen LogP contribution is 2.38. The Morgan fingerprint density at radius 1 is 0.923 bits per heavy atom. The molecule has 2 aromatic rings. The molecule has 0 heterocycles. The van der Waals surface area contributed by atoms with E-state index in [2.05, 4.69) is 10.5 Å². The van der Waals surface area contributed by atoms with Crippen LogP contribution >= 0.6 is 0 Å². The van der Waals surface area contributed by atoms with Crippen molar-refractivity contribution in [3.8, 4) is 34.5 Å². The molecule has 0 saturated carbocycles. The van der Waals surface area contributed by atoms with Crippen LogP contribution in [-0.4, -0.2) is 48.8 Å². The molecule has 0 atom stereocenters. The summed E-state index contributed by atoms with van der Waals surface area (Å²) in [4.78, 5) is 12.2. The number of methoxy groups -OCH3 is 3.